The molecule has 1 amide bonds. The third-order valence-electron chi connectivity index (χ3n) is 4.39. The van der Waals surface area contributed by atoms with Crippen LogP contribution >= 0.6 is 0 Å². The van der Waals surface area contributed by atoms with E-state index in [2.05, 4.69) is 20.2 Å². The Labute approximate surface area is 136 Å². The molecule has 1 aliphatic heterocycles. The number of aryl methyl sites for hydroxylation is 1. The van der Waals surface area contributed by atoms with E-state index < -0.39 is 5.41 Å². The quantitative estimate of drug-likeness (QED) is 0.946. The summed E-state index contributed by atoms with van der Waals surface area (Å²) in [6.45, 7) is 5.58. The van der Waals surface area contributed by atoms with Gasteiger partial charge >= 0.3 is 0 Å². The van der Waals surface area contributed by atoms with Crippen LogP contribution in [0.1, 0.15) is 25.5 Å². The lowest BCUT2D eigenvalue weighted by Crippen LogP contribution is -2.48. The van der Waals surface area contributed by atoms with Crippen LogP contribution in [0.25, 0.3) is 0 Å². The van der Waals surface area contributed by atoms with E-state index in [1.165, 1.54) is 0 Å². The first-order valence-corrected chi connectivity index (χ1v) is 7.97. The van der Waals surface area contributed by atoms with E-state index in [1.807, 2.05) is 50.2 Å². The van der Waals surface area contributed by atoms with Crippen LogP contribution < -0.4 is 10.2 Å². The van der Waals surface area contributed by atoms with Crippen molar-refractivity contribution in [1.82, 2.24) is 9.97 Å². The van der Waals surface area contributed by atoms with Crippen molar-refractivity contribution in [2.75, 3.05) is 23.3 Å². The number of hydrogen-bond donors (Lipinski definition) is 1. The zero-order valence-electron chi connectivity index (χ0n) is 13.6. The maximum Gasteiger partial charge on any atom is 0.232 e. The highest BCUT2D eigenvalue weighted by Crippen LogP contribution is 2.32. The van der Waals surface area contributed by atoms with E-state index in [0.29, 0.717) is 6.54 Å². The highest BCUT2D eigenvalue weighted by atomic mass is 16.2. The normalized spacial score (nSPS) is 21.0. The second-order valence-electron chi connectivity index (χ2n) is 6.42. The Morgan fingerprint density at radius 1 is 1.26 bits per heavy atom. The maximum atomic E-state index is 12.8. The predicted molar refractivity (Wildman–Crippen MR) is 91.4 cm³/mol. The predicted octanol–water partition coefficient (Wildman–Crippen LogP) is 3.03. The van der Waals surface area contributed by atoms with Crippen LogP contribution in [0.2, 0.25) is 0 Å². The molecule has 2 heterocycles. The summed E-state index contributed by atoms with van der Waals surface area (Å²) in [7, 11) is 0. The standard InChI is InChI=1S/C18H22N4O/c1-14-11-16(20-13-19-14)22-10-6-9-18(2,12-22)17(23)21-15-7-4-3-5-8-15/h3-5,7-8,11,13H,6,9-10,12H2,1-2H3,(H,21,23). The summed E-state index contributed by atoms with van der Waals surface area (Å²) >= 11 is 0. The molecule has 1 aromatic heterocycles. The van der Waals surface area contributed by atoms with Crippen molar-refractivity contribution in [1.29, 1.82) is 0 Å². The van der Waals surface area contributed by atoms with Crippen molar-refractivity contribution < 1.29 is 4.79 Å². The van der Waals surface area contributed by atoms with E-state index in [4.69, 9.17) is 0 Å². The number of nitrogens with zero attached hydrogens (tertiary/aromatic N) is 3. The van der Waals surface area contributed by atoms with Gasteiger partial charge < -0.3 is 10.2 Å². The van der Waals surface area contributed by atoms with Crippen molar-refractivity contribution >= 4 is 17.4 Å². The topological polar surface area (TPSA) is 58.1 Å². The van der Waals surface area contributed by atoms with Gasteiger partial charge in [-0.15, -0.1) is 0 Å². The molecule has 0 radical (unpaired) electrons. The van der Waals surface area contributed by atoms with E-state index >= 15 is 0 Å². The lowest BCUT2D eigenvalue weighted by molar-refractivity contribution is -0.125. The molecule has 0 saturated carbocycles. The number of hydrogen-bond acceptors (Lipinski definition) is 4. The molecule has 1 saturated heterocycles. The molecule has 1 aromatic carbocycles. The molecule has 3 rings (SSSR count). The third-order valence-corrected chi connectivity index (χ3v) is 4.39. The number of para-hydroxylation sites is 1. The van der Waals surface area contributed by atoms with Crippen LogP contribution in [0.4, 0.5) is 11.5 Å². The second kappa shape index (κ2) is 6.36. The van der Waals surface area contributed by atoms with Gasteiger partial charge in [-0.2, -0.15) is 0 Å². The average molecular weight is 310 g/mol. The molecule has 120 valence electrons. The van der Waals surface area contributed by atoms with Gasteiger partial charge in [-0.05, 0) is 38.8 Å². The Balaban J connectivity index is 1.74. The molecule has 5 heteroatoms. The zero-order chi connectivity index (χ0) is 16.3. The minimum atomic E-state index is -0.424. The Morgan fingerprint density at radius 2 is 2.04 bits per heavy atom. The molecule has 1 aliphatic rings. The number of benzene rings is 1. The summed E-state index contributed by atoms with van der Waals surface area (Å²) < 4.78 is 0. The first kappa shape index (κ1) is 15.5. The van der Waals surface area contributed by atoms with Gasteiger partial charge in [-0.25, -0.2) is 9.97 Å². The van der Waals surface area contributed by atoms with Gasteiger partial charge in [0.05, 0.1) is 5.41 Å². The van der Waals surface area contributed by atoms with Gasteiger partial charge in [0.2, 0.25) is 5.91 Å². The summed E-state index contributed by atoms with van der Waals surface area (Å²) in [5.41, 5.74) is 1.36. The monoisotopic (exact) mass is 310 g/mol. The Kier molecular flexibility index (Phi) is 4.28. The lowest BCUT2D eigenvalue weighted by Gasteiger charge is -2.39. The first-order chi connectivity index (χ1) is 11.1. The molecule has 0 aliphatic carbocycles. The summed E-state index contributed by atoms with van der Waals surface area (Å²) in [5, 5.41) is 3.04. The SMILES string of the molecule is Cc1cc(N2CCCC(C)(C(=O)Nc3ccccc3)C2)ncn1. The Hall–Kier alpha value is -2.43. The number of nitrogens with one attached hydrogen (secondary N) is 1. The fourth-order valence-electron chi connectivity index (χ4n) is 3.04. The number of carbonyl (C=O) groups is 1. The van der Waals surface area contributed by atoms with Crippen LogP contribution in [0, 0.1) is 12.3 Å². The molecule has 1 fully saturated rings. The highest BCUT2D eigenvalue weighted by molar-refractivity contribution is 5.95. The molecule has 5 nitrogen and oxygen atoms in total. The molecule has 1 N–H and O–H groups in total. The highest BCUT2D eigenvalue weighted by Gasteiger charge is 2.38. The minimum Gasteiger partial charge on any atom is -0.355 e. The third kappa shape index (κ3) is 3.50. The Morgan fingerprint density at radius 3 is 2.78 bits per heavy atom. The van der Waals surface area contributed by atoms with Gasteiger partial charge in [-0.3, -0.25) is 4.79 Å². The summed E-state index contributed by atoms with van der Waals surface area (Å²) in [5.74, 6) is 0.968. The van der Waals surface area contributed by atoms with E-state index in [-0.39, 0.29) is 5.91 Å². The number of rotatable bonds is 3. The smallest absolute Gasteiger partial charge is 0.232 e. The minimum absolute atomic E-state index is 0.0687. The average Bonchev–Trinajstić information content (AvgIpc) is 2.56. The van der Waals surface area contributed by atoms with Gasteiger partial charge in [0.25, 0.3) is 0 Å². The van der Waals surface area contributed by atoms with Crippen LogP contribution in [-0.2, 0) is 4.79 Å². The molecule has 1 unspecified atom stereocenters. The number of piperidine rings is 1. The molecular weight excluding hydrogens is 288 g/mol. The van der Waals surface area contributed by atoms with Crippen LogP contribution in [0.15, 0.2) is 42.7 Å². The number of carbonyl (C=O) groups excluding carboxylic acids is 1. The van der Waals surface area contributed by atoms with E-state index in [9.17, 15) is 4.79 Å². The van der Waals surface area contributed by atoms with Crippen molar-refractivity contribution in [3.63, 3.8) is 0 Å². The molecule has 23 heavy (non-hydrogen) atoms. The van der Waals surface area contributed by atoms with E-state index in [0.717, 1.165) is 36.6 Å². The number of aromatic nitrogens is 2. The fraction of sp³-hybridized carbons (Fsp3) is 0.389. The van der Waals surface area contributed by atoms with Gasteiger partial charge in [0.1, 0.15) is 12.1 Å². The largest absolute Gasteiger partial charge is 0.355 e. The van der Waals surface area contributed by atoms with Crippen molar-refractivity contribution in [3.05, 3.63) is 48.4 Å². The first-order valence-electron chi connectivity index (χ1n) is 7.97. The molecule has 2 aromatic rings. The van der Waals surface area contributed by atoms with Crippen molar-refractivity contribution in [3.8, 4) is 0 Å². The zero-order valence-corrected chi connectivity index (χ0v) is 13.6. The fourth-order valence-corrected chi connectivity index (χ4v) is 3.04. The Bertz CT molecular complexity index is 688. The summed E-state index contributed by atoms with van der Waals surface area (Å²) in [4.78, 5) is 23.4. The van der Waals surface area contributed by atoms with Gasteiger partial charge in [0, 0.05) is 30.5 Å². The van der Waals surface area contributed by atoms with Crippen molar-refractivity contribution in [2.45, 2.75) is 26.7 Å². The molecule has 0 spiro atoms. The van der Waals surface area contributed by atoms with Gasteiger partial charge in [0.15, 0.2) is 0 Å². The van der Waals surface area contributed by atoms with Crippen LogP contribution in [0.3, 0.4) is 0 Å². The van der Waals surface area contributed by atoms with E-state index in [1.54, 1.807) is 6.33 Å². The summed E-state index contributed by atoms with van der Waals surface area (Å²) in [6, 6.07) is 11.6. The molecular formula is C18H22N4O. The van der Waals surface area contributed by atoms with Crippen LogP contribution in [-0.4, -0.2) is 29.0 Å². The van der Waals surface area contributed by atoms with Crippen LogP contribution in [0.5, 0.6) is 0 Å². The van der Waals surface area contributed by atoms with Gasteiger partial charge in [-0.1, -0.05) is 18.2 Å². The second-order valence-corrected chi connectivity index (χ2v) is 6.42. The maximum absolute atomic E-state index is 12.8. The molecule has 0 bridgehead atoms. The van der Waals surface area contributed by atoms with Crippen molar-refractivity contribution in [2.24, 2.45) is 5.41 Å². The molecule has 1 atom stereocenters. The lowest BCUT2D eigenvalue weighted by atomic mass is 9.81. The summed E-state index contributed by atoms with van der Waals surface area (Å²) in [6.07, 6.45) is 3.44. The number of anilines is 2. The number of amides is 1.